The minimum absolute atomic E-state index is 0.0526. The third kappa shape index (κ3) is 1.55. The van der Waals surface area contributed by atoms with Crippen LogP contribution < -0.4 is 10.4 Å². The maximum atomic E-state index is 10.4. The molecule has 2 rings (SSSR count). The van der Waals surface area contributed by atoms with Crippen LogP contribution in [-0.4, -0.2) is 5.97 Å². The molecule has 1 aliphatic heterocycles. The Morgan fingerprint density at radius 1 is 1.54 bits per heavy atom. The number of nitrogens with one attached hydrogen (secondary N) is 1. The molecule has 1 heterocycles. The zero-order valence-electron chi connectivity index (χ0n) is 7.12. The Bertz CT molecular complexity index is 335. The van der Waals surface area contributed by atoms with Crippen LogP contribution in [0.1, 0.15) is 23.6 Å². The van der Waals surface area contributed by atoms with Crippen molar-refractivity contribution in [2.45, 2.75) is 19.0 Å². The zero-order valence-corrected chi connectivity index (χ0v) is 7.12. The van der Waals surface area contributed by atoms with E-state index in [-0.39, 0.29) is 12.5 Å². The summed E-state index contributed by atoms with van der Waals surface area (Å²) in [4.78, 5) is 10.4. The van der Waals surface area contributed by atoms with Crippen LogP contribution in [0, 0.1) is 0 Å². The Morgan fingerprint density at radius 2 is 2.31 bits per heavy atom. The van der Waals surface area contributed by atoms with E-state index in [2.05, 4.69) is 5.32 Å². The summed E-state index contributed by atoms with van der Waals surface area (Å²) in [5.74, 6) is -1.01. The van der Waals surface area contributed by atoms with Gasteiger partial charge in [-0.1, -0.05) is 24.3 Å². The summed E-state index contributed by atoms with van der Waals surface area (Å²) in [5.41, 5.74) is 2.28. The van der Waals surface area contributed by atoms with Gasteiger partial charge < -0.3 is 15.2 Å². The normalized spacial score (nSPS) is 19.8. The van der Waals surface area contributed by atoms with Crippen molar-refractivity contribution >= 4 is 5.97 Å². The monoisotopic (exact) mass is 176 g/mol. The Labute approximate surface area is 76.4 Å². The highest BCUT2D eigenvalue weighted by Crippen LogP contribution is 2.26. The summed E-state index contributed by atoms with van der Waals surface area (Å²) < 4.78 is 0. The quantitative estimate of drug-likeness (QED) is 0.688. The molecule has 1 atom stereocenters. The van der Waals surface area contributed by atoms with Gasteiger partial charge in [0.15, 0.2) is 0 Å². The maximum absolute atomic E-state index is 10.4. The highest BCUT2D eigenvalue weighted by molar-refractivity contribution is 5.66. The number of aliphatic carboxylic acids is 1. The third-order valence-electron chi connectivity index (χ3n) is 2.34. The van der Waals surface area contributed by atoms with Crippen LogP contribution in [0.5, 0.6) is 0 Å². The summed E-state index contributed by atoms with van der Waals surface area (Å²) in [5, 5.41) is 13.5. The lowest BCUT2D eigenvalue weighted by Gasteiger charge is -2.11. The molecule has 1 aromatic carbocycles. The number of carbonyl (C=O) groups excluding carboxylic acids is 1. The van der Waals surface area contributed by atoms with Crippen LogP contribution in [-0.2, 0) is 11.3 Å². The van der Waals surface area contributed by atoms with Crippen molar-refractivity contribution in [1.29, 1.82) is 0 Å². The first kappa shape index (κ1) is 8.26. The molecule has 0 saturated heterocycles. The lowest BCUT2D eigenvalue weighted by atomic mass is 10.0. The summed E-state index contributed by atoms with van der Waals surface area (Å²) in [6.07, 6.45) is 0.0526. The second kappa shape index (κ2) is 3.18. The first-order valence-corrected chi connectivity index (χ1v) is 4.28. The average molecular weight is 176 g/mol. The van der Waals surface area contributed by atoms with Crippen LogP contribution in [0.25, 0.3) is 0 Å². The molecular weight excluding hydrogens is 166 g/mol. The Hall–Kier alpha value is -1.35. The fourth-order valence-electron chi connectivity index (χ4n) is 1.73. The van der Waals surface area contributed by atoms with Crippen molar-refractivity contribution in [2.75, 3.05) is 0 Å². The number of fused-ring (bicyclic) bond motifs is 1. The van der Waals surface area contributed by atoms with Gasteiger partial charge in [-0.05, 0) is 11.1 Å². The number of carboxylic acids is 1. The van der Waals surface area contributed by atoms with Gasteiger partial charge in [0.05, 0.1) is 0 Å². The van der Waals surface area contributed by atoms with E-state index in [1.165, 1.54) is 5.56 Å². The summed E-state index contributed by atoms with van der Waals surface area (Å²) in [6, 6.07) is 7.79. The molecule has 1 aliphatic rings. The molecule has 0 fully saturated rings. The van der Waals surface area contributed by atoms with Crippen molar-refractivity contribution in [2.24, 2.45) is 0 Å². The highest BCUT2D eigenvalue weighted by Gasteiger charge is 2.20. The van der Waals surface area contributed by atoms with E-state index in [1.807, 2.05) is 24.3 Å². The molecule has 0 aromatic heterocycles. The van der Waals surface area contributed by atoms with Gasteiger partial charge in [-0.25, -0.2) is 0 Å². The highest BCUT2D eigenvalue weighted by atomic mass is 16.4. The molecule has 0 aliphatic carbocycles. The Balaban J connectivity index is 2.23. The predicted octanol–water partition coefficient (Wildman–Crippen LogP) is -0.0291. The lowest BCUT2D eigenvalue weighted by Crippen LogP contribution is -2.27. The van der Waals surface area contributed by atoms with E-state index < -0.39 is 5.97 Å². The number of hydrogen-bond donors (Lipinski definition) is 1. The largest absolute Gasteiger partial charge is 0.550 e. The van der Waals surface area contributed by atoms with Gasteiger partial charge in [0.1, 0.15) is 0 Å². The van der Waals surface area contributed by atoms with Crippen LogP contribution in [0.4, 0.5) is 0 Å². The molecular formula is C10H10NO2-. The molecule has 0 radical (unpaired) electrons. The molecule has 1 N–H and O–H groups in total. The minimum atomic E-state index is -1.01. The Morgan fingerprint density at radius 3 is 3.08 bits per heavy atom. The van der Waals surface area contributed by atoms with Crippen LogP contribution in [0.15, 0.2) is 24.3 Å². The van der Waals surface area contributed by atoms with Crippen LogP contribution in [0.2, 0.25) is 0 Å². The topological polar surface area (TPSA) is 52.2 Å². The van der Waals surface area contributed by atoms with E-state index in [4.69, 9.17) is 0 Å². The van der Waals surface area contributed by atoms with Crippen molar-refractivity contribution in [3.8, 4) is 0 Å². The maximum Gasteiger partial charge on any atom is 0.0433 e. The van der Waals surface area contributed by atoms with Gasteiger partial charge in [0.25, 0.3) is 0 Å². The van der Waals surface area contributed by atoms with Gasteiger partial charge in [0.2, 0.25) is 0 Å². The first-order valence-electron chi connectivity index (χ1n) is 4.28. The SMILES string of the molecule is O=C([O-])CC1NCc2ccccc21. The third-order valence-corrected chi connectivity index (χ3v) is 2.34. The van der Waals surface area contributed by atoms with E-state index >= 15 is 0 Å². The van der Waals surface area contributed by atoms with Gasteiger partial charge in [0, 0.05) is 25.0 Å². The fourth-order valence-corrected chi connectivity index (χ4v) is 1.73. The van der Waals surface area contributed by atoms with E-state index in [1.54, 1.807) is 0 Å². The second-order valence-electron chi connectivity index (χ2n) is 3.21. The fraction of sp³-hybridized carbons (Fsp3) is 0.300. The van der Waals surface area contributed by atoms with E-state index in [9.17, 15) is 9.90 Å². The minimum Gasteiger partial charge on any atom is -0.550 e. The first-order chi connectivity index (χ1) is 6.27. The smallest absolute Gasteiger partial charge is 0.0433 e. The van der Waals surface area contributed by atoms with Crippen LogP contribution in [0.3, 0.4) is 0 Å². The summed E-state index contributed by atoms with van der Waals surface area (Å²) in [7, 11) is 0. The van der Waals surface area contributed by atoms with E-state index in [0.29, 0.717) is 0 Å². The summed E-state index contributed by atoms with van der Waals surface area (Å²) in [6.45, 7) is 0.758. The number of rotatable bonds is 2. The molecule has 0 amide bonds. The number of carbonyl (C=O) groups is 1. The van der Waals surface area contributed by atoms with E-state index in [0.717, 1.165) is 12.1 Å². The van der Waals surface area contributed by atoms with Crippen molar-refractivity contribution in [3.05, 3.63) is 35.4 Å². The number of benzene rings is 1. The number of carboxylic acid groups (broad SMARTS) is 1. The molecule has 68 valence electrons. The average Bonchev–Trinajstić information content (AvgIpc) is 2.48. The lowest BCUT2D eigenvalue weighted by molar-refractivity contribution is -0.306. The van der Waals surface area contributed by atoms with Crippen molar-refractivity contribution < 1.29 is 9.90 Å². The molecule has 1 aromatic rings. The van der Waals surface area contributed by atoms with Crippen LogP contribution >= 0.6 is 0 Å². The zero-order chi connectivity index (χ0) is 9.26. The van der Waals surface area contributed by atoms with Gasteiger partial charge in [-0.15, -0.1) is 0 Å². The molecule has 0 bridgehead atoms. The molecule has 3 nitrogen and oxygen atoms in total. The summed E-state index contributed by atoms with van der Waals surface area (Å²) >= 11 is 0. The van der Waals surface area contributed by atoms with Crippen molar-refractivity contribution in [3.63, 3.8) is 0 Å². The molecule has 0 saturated carbocycles. The predicted molar refractivity (Wildman–Crippen MR) is 45.6 cm³/mol. The molecule has 3 heteroatoms. The van der Waals surface area contributed by atoms with Gasteiger partial charge >= 0.3 is 0 Å². The Kier molecular flexibility index (Phi) is 2.02. The molecule has 0 spiro atoms. The van der Waals surface area contributed by atoms with Gasteiger partial charge in [-0.3, -0.25) is 0 Å². The second-order valence-corrected chi connectivity index (χ2v) is 3.21. The molecule has 1 unspecified atom stereocenters. The van der Waals surface area contributed by atoms with Gasteiger partial charge in [-0.2, -0.15) is 0 Å². The standard InChI is InChI=1S/C10H11NO2/c12-10(13)5-9-8-4-2-1-3-7(8)6-11-9/h1-4,9,11H,5-6H2,(H,12,13)/p-1. The number of hydrogen-bond acceptors (Lipinski definition) is 3. The molecule has 13 heavy (non-hydrogen) atoms. The van der Waals surface area contributed by atoms with Crippen molar-refractivity contribution in [1.82, 2.24) is 5.32 Å².